The first-order valence-electron chi connectivity index (χ1n) is 6.52. The Kier molecular flexibility index (Phi) is 3.41. The SMILES string of the molecule is Cc1ccc(-n2c(CCl)nc3ccc(F)c(F)c32)c(C)c1. The van der Waals surface area contributed by atoms with Gasteiger partial charge in [-0.1, -0.05) is 17.7 Å². The number of nitrogens with zero attached hydrogens (tertiary/aromatic N) is 2. The maximum Gasteiger partial charge on any atom is 0.185 e. The van der Waals surface area contributed by atoms with Gasteiger partial charge in [-0.3, -0.25) is 4.57 Å². The van der Waals surface area contributed by atoms with Gasteiger partial charge in [0.25, 0.3) is 0 Å². The Hall–Kier alpha value is -1.94. The smallest absolute Gasteiger partial charge is 0.185 e. The monoisotopic (exact) mass is 306 g/mol. The fourth-order valence-corrected chi connectivity index (χ4v) is 2.74. The Bertz CT molecular complexity index is 840. The average Bonchev–Trinajstić information content (AvgIpc) is 2.82. The van der Waals surface area contributed by atoms with Gasteiger partial charge in [-0.15, -0.1) is 11.6 Å². The van der Waals surface area contributed by atoms with E-state index in [1.807, 2.05) is 32.0 Å². The number of hydrogen-bond acceptors (Lipinski definition) is 1. The largest absolute Gasteiger partial charge is 0.292 e. The fraction of sp³-hybridized carbons (Fsp3) is 0.188. The van der Waals surface area contributed by atoms with Crippen molar-refractivity contribution in [3.8, 4) is 5.69 Å². The maximum absolute atomic E-state index is 14.2. The minimum absolute atomic E-state index is 0.114. The van der Waals surface area contributed by atoms with Crippen LogP contribution < -0.4 is 0 Å². The predicted molar refractivity (Wildman–Crippen MR) is 80.0 cm³/mol. The standard InChI is InChI=1S/C16H13ClF2N2/c1-9-3-6-13(10(2)7-9)21-14(8-17)20-12-5-4-11(18)15(19)16(12)21/h3-7H,8H2,1-2H3. The summed E-state index contributed by atoms with van der Waals surface area (Å²) in [5, 5.41) is 0. The summed E-state index contributed by atoms with van der Waals surface area (Å²) in [6, 6.07) is 8.31. The zero-order valence-electron chi connectivity index (χ0n) is 11.6. The molecule has 5 heteroatoms. The van der Waals surface area contributed by atoms with E-state index in [4.69, 9.17) is 11.6 Å². The van der Waals surface area contributed by atoms with E-state index in [1.54, 1.807) is 4.57 Å². The van der Waals surface area contributed by atoms with E-state index in [-0.39, 0.29) is 11.4 Å². The summed E-state index contributed by atoms with van der Waals surface area (Å²) in [4.78, 5) is 4.30. The van der Waals surface area contributed by atoms with Gasteiger partial charge in [0.1, 0.15) is 11.3 Å². The molecule has 108 valence electrons. The number of aromatic nitrogens is 2. The molecule has 3 aromatic rings. The number of imidazole rings is 1. The third kappa shape index (κ3) is 2.20. The molecule has 1 heterocycles. The summed E-state index contributed by atoms with van der Waals surface area (Å²) >= 11 is 5.93. The molecule has 0 atom stereocenters. The summed E-state index contributed by atoms with van der Waals surface area (Å²) in [5.41, 5.74) is 3.31. The van der Waals surface area contributed by atoms with Crippen LogP contribution >= 0.6 is 11.6 Å². The molecule has 0 radical (unpaired) electrons. The van der Waals surface area contributed by atoms with Crippen LogP contribution in [0.1, 0.15) is 17.0 Å². The van der Waals surface area contributed by atoms with E-state index in [9.17, 15) is 8.78 Å². The molecule has 0 saturated carbocycles. The Morgan fingerprint density at radius 1 is 1.14 bits per heavy atom. The lowest BCUT2D eigenvalue weighted by atomic mass is 10.1. The number of alkyl halides is 1. The normalized spacial score (nSPS) is 11.3. The molecule has 21 heavy (non-hydrogen) atoms. The number of fused-ring (bicyclic) bond motifs is 1. The maximum atomic E-state index is 14.2. The fourth-order valence-electron chi connectivity index (χ4n) is 2.56. The molecule has 0 amide bonds. The number of aryl methyl sites for hydroxylation is 2. The first-order chi connectivity index (χ1) is 10.0. The second-order valence-electron chi connectivity index (χ2n) is 5.02. The molecule has 0 spiro atoms. The van der Waals surface area contributed by atoms with E-state index in [0.29, 0.717) is 11.3 Å². The topological polar surface area (TPSA) is 17.8 Å². The van der Waals surface area contributed by atoms with Gasteiger partial charge in [0, 0.05) is 0 Å². The minimum Gasteiger partial charge on any atom is -0.292 e. The van der Waals surface area contributed by atoms with Crippen molar-refractivity contribution in [2.75, 3.05) is 0 Å². The third-order valence-corrected chi connectivity index (χ3v) is 3.73. The van der Waals surface area contributed by atoms with Crippen molar-refractivity contribution in [2.24, 2.45) is 0 Å². The van der Waals surface area contributed by atoms with Crippen molar-refractivity contribution in [3.05, 3.63) is 58.9 Å². The minimum atomic E-state index is -0.906. The Labute approximate surface area is 126 Å². The molecule has 0 aliphatic carbocycles. The molecule has 2 nitrogen and oxygen atoms in total. The Morgan fingerprint density at radius 3 is 2.57 bits per heavy atom. The Balaban J connectivity index is 2.42. The lowest BCUT2D eigenvalue weighted by molar-refractivity contribution is 0.514. The van der Waals surface area contributed by atoms with Gasteiger partial charge in [0.05, 0.1) is 17.1 Å². The van der Waals surface area contributed by atoms with Crippen LogP contribution in [0.25, 0.3) is 16.7 Å². The van der Waals surface area contributed by atoms with Crippen LogP contribution in [0.5, 0.6) is 0 Å². The van der Waals surface area contributed by atoms with Gasteiger partial charge >= 0.3 is 0 Å². The summed E-state index contributed by atoms with van der Waals surface area (Å²) in [6.45, 7) is 3.90. The van der Waals surface area contributed by atoms with Crippen molar-refractivity contribution >= 4 is 22.6 Å². The van der Waals surface area contributed by atoms with E-state index >= 15 is 0 Å². The van der Waals surface area contributed by atoms with Gasteiger partial charge in [-0.25, -0.2) is 13.8 Å². The quantitative estimate of drug-likeness (QED) is 0.630. The lowest BCUT2D eigenvalue weighted by Gasteiger charge is -2.12. The molecule has 0 bridgehead atoms. The van der Waals surface area contributed by atoms with E-state index in [0.717, 1.165) is 22.9 Å². The molecule has 0 saturated heterocycles. The highest BCUT2D eigenvalue weighted by Gasteiger charge is 2.19. The van der Waals surface area contributed by atoms with Gasteiger partial charge in [0.15, 0.2) is 11.6 Å². The third-order valence-electron chi connectivity index (χ3n) is 3.49. The first kappa shape index (κ1) is 14.0. The number of halogens is 3. The number of benzene rings is 2. The van der Waals surface area contributed by atoms with Crippen molar-refractivity contribution in [3.63, 3.8) is 0 Å². The second-order valence-corrected chi connectivity index (χ2v) is 5.28. The molecule has 0 unspecified atom stereocenters. The second kappa shape index (κ2) is 5.11. The zero-order valence-corrected chi connectivity index (χ0v) is 12.4. The van der Waals surface area contributed by atoms with Crippen LogP contribution in [0.15, 0.2) is 30.3 Å². The van der Waals surface area contributed by atoms with Gasteiger partial charge in [-0.05, 0) is 37.6 Å². The van der Waals surface area contributed by atoms with Crippen molar-refractivity contribution in [2.45, 2.75) is 19.7 Å². The summed E-state index contributed by atoms with van der Waals surface area (Å²) in [7, 11) is 0. The molecule has 1 aromatic heterocycles. The van der Waals surface area contributed by atoms with Gasteiger partial charge < -0.3 is 0 Å². The molecule has 0 N–H and O–H groups in total. The average molecular weight is 307 g/mol. The molecule has 0 aliphatic heterocycles. The van der Waals surface area contributed by atoms with Crippen LogP contribution in [0.3, 0.4) is 0 Å². The molecule has 2 aromatic carbocycles. The zero-order chi connectivity index (χ0) is 15.1. The van der Waals surface area contributed by atoms with E-state index in [1.165, 1.54) is 6.07 Å². The Morgan fingerprint density at radius 2 is 1.90 bits per heavy atom. The van der Waals surface area contributed by atoms with Gasteiger partial charge in [0.2, 0.25) is 0 Å². The molecule has 0 aliphatic rings. The van der Waals surface area contributed by atoms with Gasteiger partial charge in [-0.2, -0.15) is 0 Å². The number of hydrogen-bond donors (Lipinski definition) is 0. The highest BCUT2D eigenvalue weighted by Crippen LogP contribution is 2.28. The highest BCUT2D eigenvalue weighted by atomic mass is 35.5. The summed E-state index contributed by atoms with van der Waals surface area (Å²) in [6.07, 6.45) is 0. The van der Waals surface area contributed by atoms with Crippen molar-refractivity contribution in [1.29, 1.82) is 0 Å². The van der Waals surface area contributed by atoms with Crippen LogP contribution in [-0.2, 0) is 5.88 Å². The van der Waals surface area contributed by atoms with Crippen LogP contribution in [-0.4, -0.2) is 9.55 Å². The first-order valence-corrected chi connectivity index (χ1v) is 7.05. The van der Waals surface area contributed by atoms with Crippen molar-refractivity contribution in [1.82, 2.24) is 9.55 Å². The van der Waals surface area contributed by atoms with Crippen molar-refractivity contribution < 1.29 is 8.78 Å². The highest BCUT2D eigenvalue weighted by molar-refractivity contribution is 6.17. The number of rotatable bonds is 2. The molecule has 3 rings (SSSR count). The van der Waals surface area contributed by atoms with Crippen LogP contribution in [0.2, 0.25) is 0 Å². The summed E-state index contributed by atoms with van der Waals surface area (Å²) < 4.78 is 29.4. The lowest BCUT2D eigenvalue weighted by Crippen LogP contribution is -2.03. The predicted octanol–water partition coefficient (Wildman–Crippen LogP) is 4.66. The molecular formula is C16H13ClF2N2. The summed E-state index contributed by atoms with van der Waals surface area (Å²) in [5.74, 6) is -1.20. The molecule has 0 fully saturated rings. The van der Waals surface area contributed by atoms with Crippen LogP contribution in [0.4, 0.5) is 8.78 Å². The van der Waals surface area contributed by atoms with E-state index in [2.05, 4.69) is 4.98 Å². The van der Waals surface area contributed by atoms with E-state index < -0.39 is 11.6 Å². The molecular weight excluding hydrogens is 294 g/mol. The van der Waals surface area contributed by atoms with Crippen LogP contribution in [0, 0.1) is 25.5 Å².